The number of halogens is 1. The first-order chi connectivity index (χ1) is 8.34. The molecule has 1 rings (SSSR count). The molecule has 0 radical (unpaired) electrons. The standard InChI is InChI=1S/C14H20BrNO2/c1-9(2)13(11(4)15)8-12-6-5-7-14(10(12)3)16(17)18/h5-7,9,11,13H,8H2,1-4H3. The van der Waals surface area contributed by atoms with Crippen LogP contribution in [0.3, 0.4) is 0 Å². The van der Waals surface area contributed by atoms with Crippen molar-refractivity contribution in [3.8, 4) is 0 Å². The van der Waals surface area contributed by atoms with Crippen molar-refractivity contribution in [3.63, 3.8) is 0 Å². The summed E-state index contributed by atoms with van der Waals surface area (Å²) >= 11 is 3.64. The second-order valence-electron chi connectivity index (χ2n) is 5.11. The minimum absolute atomic E-state index is 0.220. The number of alkyl halides is 1. The fraction of sp³-hybridized carbons (Fsp3) is 0.571. The van der Waals surface area contributed by atoms with Gasteiger partial charge in [-0.25, -0.2) is 0 Å². The van der Waals surface area contributed by atoms with Crippen molar-refractivity contribution in [3.05, 3.63) is 39.4 Å². The molecule has 0 amide bonds. The van der Waals surface area contributed by atoms with Gasteiger partial charge < -0.3 is 0 Å². The van der Waals surface area contributed by atoms with E-state index >= 15 is 0 Å². The molecule has 0 saturated heterocycles. The average Bonchev–Trinajstić information content (AvgIpc) is 2.26. The molecule has 0 heterocycles. The molecule has 0 N–H and O–H groups in total. The molecule has 0 aliphatic rings. The van der Waals surface area contributed by atoms with Crippen LogP contribution in [0.15, 0.2) is 18.2 Å². The zero-order valence-corrected chi connectivity index (χ0v) is 12.9. The molecule has 0 aliphatic carbocycles. The maximum atomic E-state index is 10.9. The van der Waals surface area contributed by atoms with Gasteiger partial charge in [-0.05, 0) is 30.7 Å². The van der Waals surface area contributed by atoms with Crippen LogP contribution in [0.2, 0.25) is 0 Å². The van der Waals surface area contributed by atoms with Crippen molar-refractivity contribution in [2.75, 3.05) is 0 Å². The van der Waals surface area contributed by atoms with Crippen molar-refractivity contribution in [1.82, 2.24) is 0 Å². The molecule has 2 atom stereocenters. The summed E-state index contributed by atoms with van der Waals surface area (Å²) in [6.45, 7) is 8.35. The Labute approximate surface area is 117 Å². The van der Waals surface area contributed by atoms with Gasteiger partial charge in [-0.2, -0.15) is 0 Å². The summed E-state index contributed by atoms with van der Waals surface area (Å²) in [5.41, 5.74) is 2.09. The highest BCUT2D eigenvalue weighted by Crippen LogP contribution is 2.29. The molecule has 0 aromatic heterocycles. The van der Waals surface area contributed by atoms with Crippen molar-refractivity contribution in [1.29, 1.82) is 0 Å². The third kappa shape index (κ3) is 3.55. The largest absolute Gasteiger partial charge is 0.272 e. The maximum Gasteiger partial charge on any atom is 0.272 e. The molecule has 100 valence electrons. The van der Waals surface area contributed by atoms with Crippen LogP contribution in [0.5, 0.6) is 0 Å². The molecule has 18 heavy (non-hydrogen) atoms. The van der Waals surface area contributed by atoms with E-state index in [9.17, 15) is 10.1 Å². The normalized spacial score (nSPS) is 14.6. The van der Waals surface area contributed by atoms with E-state index in [4.69, 9.17) is 0 Å². The number of hydrogen-bond acceptors (Lipinski definition) is 2. The van der Waals surface area contributed by atoms with Gasteiger partial charge in [0.2, 0.25) is 0 Å². The maximum absolute atomic E-state index is 10.9. The summed E-state index contributed by atoms with van der Waals surface area (Å²) in [6.07, 6.45) is 0.873. The lowest BCUT2D eigenvalue weighted by molar-refractivity contribution is -0.385. The van der Waals surface area contributed by atoms with Crippen LogP contribution in [0, 0.1) is 28.9 Å². The molecule has 0 spiro atoms. The van der Waals surface area contributed by atoms with Crippen LogP contribution >= 0.6 is 15.9 Å². The summed E-state index contributed by atoms with van der Waals surface area (Å²) in [6, 6.07) is 5.34. The highest BCUT2D eigenvalue weighted by molar-refractivity contribution is 9.09. The van der Waals surface area contributed by atoms with Gasteiger partial charge in [0, 0.05) is 16.5 Å². The topological polar surface area (TPSA) is 43.1 Å². The van der Waals surface area contributed by atoms with Gasteiger partial charge in [0.25, 0.3) is 5.69 Å². The Balaban J connectivity index is 3.04. The van der Waals surface area contributed by atoms with E-state index in [0.29, 0.717) is 16.7 Å². The molecule has 0 bridgehead atoms. The van der Waals surface area contributed by atoms with Crippen LogP contribution in [0.25, 0.3) is 0 Å². The Morgan fingerprint density at radius 3 is 2.39 bits per heavy atom. The van der Waals surface area contributed by atoms with Crippen molar-refractivity contribution in [2.24, 2.45) is 11.8 Å². The molecule has 1 aromatic rings. The van der Waals surface area contributed by atoms with Gasteiger partial charge in [0.1, 0.15) is 0 Å². The van der Waals surface area contributed by atoms with Gasteiger partial charge in [-0.1, -0.05) is 48.8 Å². The molecule has 3 nitrogen and oxygen atoms in total. The Hall–Kier alpha value is -0.900. The second-order valence-corrected chi connectivity index (χ2v) is 6.55. The minimum Gasteiger partial charge on any atom is -0.258 e. The molecule has 0 saturated carbocycles. The van der Waals surface area contributed by atoms with E-state index in [1.165, 1.54) is 0 Å². The Bertz CT molecular complexity index is 422. The number of benzene rings is 1. The summed E-state index contributed by atoms with van der Waals surface area (Å²) in [5, 5.41) is 10.9. The second kappa shape index (κ2) is 6.32. The van der Waals surface area contributed by atoms with E-state index in [-0.39, 0.29) is 10.6 Å². The highest BCUT2D eigenvalue weighted by atomic mass is 79.9. The summed E-state index contributed by atoms with van der Waals surface area (Å²) in [4.78, 5) is 11.0. The Morgan fingerprint density at radius 1 is 1.33 bits per heavy atom. The van der Waals surface area contributed by atoms with Crippen LogP contribution in [0.4, 0.5) is 5.69 Å². The van der Waals surface area contributed by atoms with E-state index < -0.39 is 0 Å². The molecule has 1 aromatic carbocycles. The van der Waals surface area contributed by atoms with Crippen LogP contribution in [-0.4, -0.2) is 9.75 Å². The van der Waals surface area contributed by atoms with Gasteiger partial charge in [0.05, 0.1) is 4.92 Å². The molecule has 0 aliphatic heterocycles. The summed E-state index contributed by atoms with van der Waals surface area (Å²) in [5.74, 6) is 1.02. The lowest BCUT2D eigenvalue weighted by Crippen LogP contribution is -2.20. The summed E-state index contributed by atoms with van der Waals surface area (Å²) < 4.78 is 0. The molecule has 0 fully saturated rings. The van der Waals surface area contributed by atoms with Gasteiger partial charge >= 0.3 is 0 Å². The number of hydrogen-bond donors (Lipinski definition) is 0. The minimum atomic E-state index is -0.305. The molecule has 4 heteroatoms. The SMILES string of the molecule is Cc1c(CC(C(C)C)C(C)Br)cccc1[N+](=O)[O-]. The lowest BCUT2D eigenvalue weighted by Gasteiger charge is -2.24. The monoisotopic (exact) mass is 313 g/mol. The first-order valence-electron chi connectivity index (χ1n) is 6.21. The number of nitro groups is 1. The predicted octanol–water partition coefficient (Wildman–Crippen LogP) is 4.50. The third-order valence-corrected chi connectivity index (χ3v) is 4.20. The Morgan fingerprint density at radius 2 is 1.94 bits per heavy atom. The quantitative estimate of drug-likeness (QED) is 0.456. The lowest BCUT2D eigenvalue weighted by atomic mass is 9.85. The van der Waals surface area contributed by atoms with E-state index in [0.717, 1.165) is 17.5 Å². The molecular formula is C14H20BrNO2. The van der Waals surface area contributed by atoms with E-state index in [2.05, 4.69) is 36.7 Å². The van der Waals surface area contributed by atoms with Crippen LogP contribution < -0.4 is 0 Å². The summed E-state index contributed by atoms with van der Waals surface area (Å²) in [7, 11) is 0. The number of nitrogens with zero attached hydrogens (tertiary/aromatic N) is 1. The van der Waals surface area contributed by atoms with Gasteiger partial charge in [0.15, 0.2) is 0 Å². The average molecular weight is 314 g/mol. The molecular weight excluding hydrogens is 294 g/mol. The van der Waals surface area contributed by atoms with Gasteiger partial charge in [-0.15, -0.1) is 0 Å². The smallest absolute Gasteiger partial charge is 0.258 e. The van der Waals surface area contributed by atoms with Crippen molar-refractivity contribution < 1.29 is 4.92 Å². The first-order valence-corrected chi connectivity index (χ1v) is 7.13. The predicted molar refractivity (Wildman–Crippen MR) is 78.3 cm³/mol. The van der Waals surface area contributed by atoms with Crippen molar-refractivity contribution >= 4 is 21.6 Å². The van der Waals surface area contributed by atoms with Crippen LogP contribution in [-0.2, 0) is 6.42 Å². The first kappa shape index (κ1) is 15.2. The van der Waals surface area contributed by atoms with E-state index in [1.54, 1.807) is 12.1 Å². The third-order valence-electron chi connectivity index (χ3n) is 3.52. The zero-order chi connectivity index (χ0) is 13.9. The Kier molecular flexibility index (Phi) is 5.32. The molecule has 2 unspecified atom stereocenters. The number of rotatable bonds is 5. The number of nitro benzene ring substituents is 1. The van der Waals surface area contributed by atoms with Gasteiger partial charge in [-0.3, -0.25) is 10.1 Å². The van der Waals surface area contributed by atoms with E-state index in [1.807, 2.05) is 13.0 Å². The highest BCUT2D eigenvalue weighted by Gasteiger charge is 2.22. The van der Waals surface area contributed by atoms with Crippen molar-refractivity contribution in [2.45, 2.75) is 38.9 Å². The zero-order valence-electron chi connectivity index (χ0n) is 11.3. The fourth-order valence-electron chi connectivity index (χ4n) is 2.27. The van der Waals surface area contributed by atoms with Crippen LogP contribution in [0.1, 0.15) is 31.9 Å². The fourth-order valence-corrected chi connectivity index (χ4v) is 3.07.